The summed E-state index contributed by atoms with van der Waals surface area (Å²) in [6.07, 6.45) is 1.97. The van der Waals surface area contributed by atoms with Gasteiger partial charge < -0.3 is 20.5 Å². The fourth-order valence-electron chi connectivity index (χ4n) is 4.48. The zero-order valence-electron chi connectivity index (χ0n) is 16.7. The predicted molar refractivity (Wildman–Crippen MR) is 122 cm³/mol. The first-order valence-corrected chi connectivity index (χ1v) is 10.7. The molecule has 6 nitrogen and oxygen atoms in total. The number of nitrogens with zero attached hydrogens (tertiary/aromatic N) is 3. The number of ether oxygens (including phenoxy) is 1. The minimum Gasteiger partial charge on any atom is -0.390 e. The van der Waals surface area contributed by atoms with Crippen molar-refractivity contribution in [2.45, 2.75) is 52.9 Å². The largest absolute Gasteiger partial charge is 0.390 e. The van der Waals surface area contributed by atoms with Crippen molar-refractivity contribution in [3.05, 3.63) is 39.6 Å². The van der Waals surface area contributed by atoms with Gasteiger partial charge in [-0.05, 0) is 32.8 Å². The molecule has 3 N–H and O–H groups in total. The van der Waals surface area contributed by atoms with Crippen LogP contribution in [0, 0.1) is 12.3 Å². The van der Waals surface area contributed by atoms with Crippen molar-refractivity contribution in [2.24, 2.45) is 11.1 Å². The third kappa shape index (κ3) is 3.92. The molecule has 164 valence electrons. The van der Waals surface area contributed by atoms with E-state index in [1.165, 1.54) is 0 Å². The molecule has 0 bridgehead atoms. The van der Waals surface area contributed by atoms with Gasteiger partial charge in [0, 0.05) is 30.1 Å². The van der Waals surface area contributed by atoms with E-state index in [1.807, 2.05) is 26.0 Å². The van der Waals surface area contributed by atoms with E-state index in [2.05, 4.69) is 4.90 Å². The van der Waals surface area contributed by atoms with E-state index in [0.29, 0.717) is 33.6 Å². The Balaban J connectivity index is 0.00000256. The lowest BCUT2D eigenvalue weighted by molar-refractivity contribution is 0.0973. The van der Waals surface area contributed by atoms with Crippen LogP contribution < -0.4 is 10.6 Å². The van der Waals surface area contributed by atoms with Crippen LogP contribution in [-0.2, 0) is 11.3 Å². The third-order valence-corrected chi connectivity index (χ3v) is 7.20. The molecular formula is C22H30Cl2N4O2. The van der Waals surface area contributed by atoms with Gasteiger partial charge in [0.15, 0.2) is 5.82 Å². The van der Waals surface area contributed by atoms with Crippen molar-refractivity contribution in [3.8, 4) is 11.3 Å². The highest BCUT2D eigenvalue weighted by Crippen LogP contribution is 2.42. The van der Waals surface area contributed by atoms with Gasteiger partial charge in [-0.3, -0.25) is 0 Å². The van der Waals surface area contributed by atoms with Crippen LogP contribution in [0.4, 0.5) is 5.82 Å². The number of piperidine rings is 1. The molecule has 1 aromatic heterocycles. The highest BCUT2D eigenvalue weighted by Gasteiger charge is 2.47. The van der Waals surface area contributed by atoms with Gasteiger partial charge in [0.2, 0.25) is 0 Å². The lowest BCUT2D eigenvalue weighted by atomic mass is 9.73. The van der Waals surface area contributed by atoms with Crippen molar-refractivity contribution in [2.75, 3.05) is 24.6 Å². The second-order valence-corrected chi connectivity index (χ2v) is 8.86. The number of aryl methyl sites for hydroxylation is 1. The minimum absolute atomic E-state index is 0. The van der Waals surface area contributed by atoms with Gasteiger partial charge in [-0.1, -0.05) is 42.8 Å². The first-order valence-electron chi connectivity index (χ1n) is 9.91. The molecule has 30 heavy (non-hydrogen) atoms. The van der Waals surface area contributed by atoms with Gasteiger partial charge in [-0.15, -0.1) is 0 Å². The van der Waals surface area contributed by atoms with Crippen LogP contribution in [0.2, 0.25) is 10.0 Å². The number of hydrogen-bond acceptors (Lipinski definition) is 6. The monoisotopic (exact) mass is 452 g/mol. The lowest BCUT2D eigenvalue weighted by Crippen LogP contribution is -2.51. The molecule has 2 saturated heterocycles. The molecule has 2 aromatic rings. The number of hydrogen-bond donors (Lipinski definition) is 2. The quantitative estimate of drug-likeness (QED) is 0.724. The van der Waals surface area contributed by atoms with E-state index in [0.717, 1.165) is 37.4 Å². The SMILES string of the molecule is C.Cc1nc(N2CCC3(CC2)CO[C@@H](C)[C@@H]3N)c(CO)nc1-c1cccc(Cl)c1Cl. The van der Waals surface area contributed by atoms with Crippen molar-refractivity contribution in [1.82, 2.24) is 9.97 Å². The molecule has 3 heterocycles. The Morgan fingerprint density at radius 2 is 1.97 bits per heavy atom. The Kier molecular flexibility index (Phi) is 6.94. The summed E-state index contributed by atoms with van der Waals surface area (Å²) in [5.74, 6) is 0.724. The fraction of sp³-hybridized carbons (Fsp3) is 0.545. The first-order chi connectivity index (χ1) is 13.9. The summed E-state index contributed by atoms with van der Waals surface area (Å²) in [6, 6.07) is 5.48. The molecule has 1 aromatic carbocycles. The van der Waals surface area contributed by atoms with Gasteiger partial charge in [0.05, 0.1) is 40.8 Å². The summed E-state index contributed by atoms with van der Waals surface area (Å²) >= 11 is 12.5. The number of aliphatic hydroxyl groups excluding tert-OH is 1. The van der Waals surface area contributed by atoms with E-state index in [1.54, 1.807) is 6.07 Å². The highest BCUT2D eigenvalue weighted by molar-refractivity contribution is 6.43. The van der Waals surface area contributed by atoms with E-state index >= 15 is 0 Å². The summed E-state index contributed by atoms with van der Waals surface area (Å²) in [6.45, 7) is 6.08. The molecule has 0 saturated carbocycles. The van der Waals surface area contributed by atoms with Crippen LogP contribution in [0.25, 0.3) is 11.3 Å². The molecule has 4 rings (SSSR count). The Hall–Kier alpha value is -1.44. The van der Waals surface area contributed by atoms with Crippen LogP contribution in [-0.4, -0.2) is 46.9 Å². The zero-order chi connectivity index (χ0) is 20.8. The Morgan fingerprint density at radius 1 is 1.27 bits per heavy atom. The molecule has 0 unspecified atom stereocenters. The molecule has 8 heteroatoms. The average Bonchev–Trinajstić information content (AvgIpc) is 2.99. The Labute approximate surface area is 188 Å². The second kappa shape index (κ2) is 8.97. The van der Waals surface area contributed by atoms with Crippen LogP contribution in [0.15, 0.2) is 18.2 Å². The maximum Gasteiger partial charge on any atom is 0.153 e. The number of halogens is 2. The van der Waals surface area contributed by atoms with Gasteiger partial charge in [-0.2, -0.15) is 0 Å². The van der Waals surface area contributed by atoms with Gasteiger partial charge in [0.1, 0.15) is 5.69 Å². The summed E-state index contributed by atoms with van der Waals surface area (Å²) in [4.78, 5) is 11.7. The van der Waals surface area contributed by atoms with Crippen molar-refractivity contribution >= 4 is 29.0 Å². The average molecular weight is 453 g/mol. The number of rotatable bonds is 3. The molecule has 2 fully saturated rings. The number of aliphatic hydroxyl groups is 1. The van der Waals surface area contributed by atoms with Gasteiger partial charge in [-0.25, -0.2) is 9.97 Å². The molecule has 2 aliphatic heterocycles. The molecule has 2 aliphatic rings. The molecular weight excluding hydrogens is 423 g/mol. The number of benzene rings is 1. The zero-order valence-corrected chi connectivity index (χ0v) is 18.2. The molecule has 1 spiro atoms. The highest BCUT2D eigenvalue weighted by atomic mass is 35.5. The predicted octanol–water partition coefficient (Wildman–Crippen LogP) is 4.22. The summed E-state index contributed by atoms with van der Waals surface area (Å²) in [5.41, 5.74) is 9.10. The topological polar surface area (TPSA) is 84.5 Å². The maximum absolute atomic E-state index is 9.99. The van der Waals surface area contributed by atoms with Crippen LogP contribution in [0.5, 0.6) is 0 Å². The van der Waals surface area contributed by atoms with Crippen LogP contribution in [0.1, 0.15) is 38.6 Å². The third-order valence-electron chi connectivity index (χ3n) is 6.38. The smallest absolute Gasteiger partial charge is 0.153 e. The number of aromatic nitrogens is 2. The van der Waals surface area contributed by atoms with Crippen LogP contribution >= 0.6 is 23.2 Å². The number of anilines is 1. The second-order valence-electron chi connectivity index (χ2n) is 8.08. The van der Waals surface area contributed by atoms with E-state index in [9.17, 15) is 5.11 Å². The molecule has 0 amide bonds. The first kappa shape index (κ1) is 23.2. The standard InChI is InChI=1S/C21H26Cl2N4O2.CH4/c1-12-18(14-4-3-5-15(22)17(14)23)26-16(10-28)20(25-12)27-8-6-21(7-9-27)11-29-13(2)19(21)24;/h3-5,13,19,28H,6-11,24H2,1-2H3;1H4/t13-,19-;/m0./s1. The normalized spacial score (nSPS) is 22.9. The van der Waals surface area contributed by atoms with Crippen molar-refractivity contribution < 1.29 is 9.84 Å². The summed E-state index contributed by atoms with van der Waals surface area (Å²) in [5, 5.41) is 10.9. The minimum atomic E-state index is -0.199. The Morgan fingerprint density at radius 3 is 2.57 bits per heavy atom. The lowest BCUT2D eigenvalue weighted by Gasteiger charge is -2.42. The van der Waals surface area contributed by atoms with E-state index in [-0.39, 0.29) is 31.6 Å². The molecule has 2 atom stereocenters. The van der Waals surface area contributed by atoms with Crippen LogP contribution in [0.3, 0.4) is 0 Å². The van der Waals surface area contributed by atoms with Gasteiger partial charge >= 0.3 is 0 Å². The Bertz CT molecular complexity index is 916. The molecule has 0 aliphatic carbocycles. The maximum atomic E-state index is 9.99. The molecule has 0 radical (unpaired) electrons. The van der Waals surface area contributed by atoms with Crippen molar-refractivity contribution in [3.63, 3.8) is 0 Å². The van der Waals surface area contributed by atoms with E-state index < -0.39 is 0 Å². The fourth-order valence-corrected chi connectivity index (χ4v) is 4.87. The number of nitrogens with two attached hydrogens (primary N) is 1. The summed E-state index contributed by atoms with van der Waals surface area (Å²) in [7, 11) is 0. The van der Waals surface area contributed by atoms with Crippen molar-refractivity contribution in [1.29, 1.82) is 0 Å². The van der Waals surface area contributed by atoms with Gasteiger partial charge in [0.25, 0.3) is 0 Å². The summed E-state index contributed by atoms with van der Waals surface area (Å²) < 4.78 is 5.81. The van der Waals surface area contributed by atoms with E-state index in [4.69, 9.17) is 43.6 Å².